The SMILES string of the molecule is C[C@@H](c1ccccc1)N1C(=O)C(C)(C)C2CCCC=C21. The van der Waals surface area contributed by atoms with E-state index in [1.807, 2.05) is 18.2 Å². The molecule has 1 aliphatic carbocycles. The highest BCUT2D eigenvalue weighted by molar-refractivity contribution is 5.88. The van der Waals surface area contributed by atoms with Gasteiger partial charge in [-0.05, 0) is 31.7 Å². The Balaban J connectivity index is 2.00. The lowest BCUT2D eigenvalue weighted by Crippen LogP contribution is -2.33. The summed E-state index contributed by atoms with van der Waals surface area (Å²) < 4.78 is 0. The minimum atomic E-state index is -0.255. The van der Waals surface area contributed by atoms with Crippen molar-refractivity contribution in [3.05, 3.63) is 47.7 Å². The van der Waals surface area contributed by atoms with Crippen LogP contribution in [0.1, 0.15) is 51.6 Å². The number of hydrogen-bond donors (Lipinski definition) is 0. The molecule has 106 valence electrons. The molecule has 0 saturated carbocycles. The third-order valence-electron chi connectivity index (χ3n) is 5.00. The third kappa shape index (κ3) is 1.90. The first-order chi connectivity index (χ1) is 9.53. The van der Waals surface area contributed by atoms with Gasteiger partial charge >= 0.3 is 0 Å². The maximum absolute atomic E-state index is 12.9. The van der Waals surface area contributed by atoms with Crippen molar-refractivity contribution in [3.63, 3.8) is 0 Å². The summed E-state index contributed by atoms with van der Waals surface area (Å²) in [4.78, 5) is 14.9. The van der Waals surface area contributed by atoms with Crippen molar-refractivity contribution < 1.29 is 4.79 Å². The number of benzene rings is 1. The molecule has 0 aromatic heterocycles. The van der Waals surface area contributed by atoms with Gasteiger partial charge in [0.2, 0.25) is 5.91 Å². The Morgan fingerprint density at radius 1 is 1.25 bits per heavy atom. The van der Waals surface area contributed by atoms with Crippen molar-refractivity contribution in [2.24, 2.45) is 11.3 Å². The van der Waals surface area contributed by atoms with E-state index in [1.54, 1.807) is 0 Å². The molecular formula is C18H23NO. The highest BCUT2D eigenvalue weighted by Crippen LogP contribution is 2.51. The van der Waals surface area contributed by atoms with E-state index < -0.39 is 0 Å². The van der Waals surface area contributed by atoms with Gasteiger partial charge in [-0.3, -0.25) is 4.79 Å². The summed E-state index contributed by atoms with van der Waals surface area (Å²) in [5, 5.41) is 0. The molecule has 0 N–H and O–H groups in total. The summed E-state index contributed by atoms with van der Waals surface area (Å²) >= 11 is 0. The summed E-state index contributed by atoms with van der Waals surface area (Å²) in [5.41, 5.74) is 2.22. The molecule has 1 amide bonds. The van der Waals surface area contributed by atoms with Crippen LogP contribution in [0.25, 0.3) is 0 Å². The van der Waals surface area contributed by atoms with Crippen molar-refractivity contribution in [3.8, 4) is 0 Å². The van der Waals surface area contributed by atoms with E-state index in [4.69, 9.17) is 0 Å². The van der Waals surface area contributed by atoms with Crippen molar-refractivity contribution in [1.29, 1.82) is 0 Å². The Labute approximate surface area is 121 Å². The van der Waals surface area contributed by atoms with E-state index in [-0.39, 0.29) is 17.4 Å². The zero-order chi connectivity index (χ0) is 14.3. The van der Waals surface area contributed by atoms with Crippen LogP contribution in [0.4, 0.5) is 0 Å². The normalized spacial score (nSPS) is 26.1. The van der Waals surface area contributed by atoms with Gasteiger partial charge in [-0.25, -0.2) is 0 Å². The quantitative estimate of drug-likeness (QED) is 0.784. The first-order valence-corrected chi connectivity index (χ1v) is 7.62. The van der Waals surface area contributed by atoms with Crippen LogP contribution in [-0.2, 0) is 4.79 Å². The zero-order valence-corrected chi connectivity index (χ0v) is 12.6. The number of rotatable bonds is 2. The number of amides is 1. The minimum absolute atomic E-state index is 0.123. The molecule has 1 heterocycles. The second-order valence-corrected chi connectivity index (χ2v) is 6.60. The highest BCUT2D eigenvalue weighted by atomic mass is 16.2. The van der Waals surface area contributed by atoms with Gasteiger partial charge in [-0.2, -0.15) is 0 Å². The molecule has 1 aliphatic heterocycles. The molecule has 0 bridgehead atoms. The third-order valence-corrected chi connectivity index (χ3v) is 5.00. The molecule has 2 nitrogen and oxygen atoms in total. The molecule has 1 aromatic carbocycles. The largest absolute Gasteiger partial charge is 0.309 e. The maximum atomic E-state index is 12.9. The zero-order valence-electron chi connectivity index (χ0n) is 12.6. The highest BCUT2D eigenvalue weighted by Gasteiger charge is 2.52. The Bertz CT molecular complexity index is 544. The molecule has 1 saturated heterocycles. The maximum Gasteiger partial charge on any atom is 0.233 e. The van der Waals surface area contributed by atoms with E-state index in [2.05, 4.69) is 43.9 Å². The van der Waals surface area contributed by atoms with Crippen LogP contribution < -0.4 is 0 Å². The van der Waals surface area contributed by atoms with Crippen LogP contribution in [0, 0.1) is 11.3 Å². The van der Waals surface area contributed by atoms with Gasteiger partial charge in [0.05, 0.1) is 11.5 Å². The Morgan fingerprint density at radius 3 is 2.65 bits per heavy atom. The van der Waals surface area contributed by atoms with Gasteiger partial charge in [0, 0.05) is 11.6 Å². The van der Waals surface area contributed by atoms with Crippen molar-refractivity contribution in [2.75, 3.05) is 0 Å². The lowest BCUT2D eigenvalue weighted by atomic mass is 9.75. The van der Waals surface area contributed by atoms with Gasteiger partial charge in [-0.15, -0.1) is 0 Å². The number of allylic oxidation sites excluding steroid dienone is 2. The van der Waals surface area contributed by atoms with Gasteiger partial charge in [0.1, 0.15) is 0 Å². The first kappa shape index (κ1) is 13.4. The monoisotopic (exact) mass is 269 g/mol. The number of likely N-dealkylation sites (tertiary alicyclic amines) is 1. The van der Waals surface area contributed by atoms with Gasteiger partial charge in [0.25, 0.3) is 0 Å². The molecule has 2 aliphatic rings. The second kappa shape index (κ2) is 4.76. The number of carbonyl (C=O) groups excluding carboxylic acids is 1. The van der Waals surface area contributed by atoms with Gasteiger partial charge < -0.3 is 4.90 Å². The van der Waals surface area contributed by atoms with Crippen LogP contribution >= 0.6 is 0 Å². The van der Waals surface area contributed by atoms with Crippen LogP contribution in [0.3, 0.4) is 0 Å². The number of hydrogen-bond acceptors (Lipinski definition) is 1. The Hall–Kier alpha value is -1.57. The second-order valence-electron chi connectivity index (χ2n) is 6.60. The minimum Gasteiger partial charge on any atom is -0.309 e. The topological polar surface area (TPSA) is 20.3 Å². The average molecular weight is 269 g/mol. The molecule has 2 heteroatoms. The summed E-state index contributed by atoms with van der Waals surface area (Å²) in [5.74, 6) is 0.682. The van der Waals surface area contributed by atoms with Crippen molar-refractivity contribution in [1.82, 2.24) is 4.90 Å². The number of fused-ring (bicyclic) bond motifs is 1. The Morgan fingerprint density at radius 2 is 1.95 bits per heavy atom. The predicted octanol–water partition coefficient (Wildman–Crippen LogP) is 4.30. The fourth-order valence-corrected chi connectivity index (χ4v) is 3.72. The lowest BCUT2D eigenvalue weighted by molar-refractivity contribution is -0.136. The molecule has 0 radical (unpaired) electrons. The smallest absolute Gasteiger partial charge is 0.233 e. The number of carbonyl (C=O) groups is 1. The molecule has 1 fully saturated rings. The van der Waals surface area contributed by atoms with E-state index >= 15 is 0 Å². The summed E-state index contributed by atoms with van der Waals surface area (Å²) in [6.07, 6.45) is 5.74. The standard InChI is InChI=1S/C18H23NO/c1-13(14-9-5-4-6-10-14)19-16-12-8-7-11-15(16)18(2,3)17(19)20/h4-6,9-10,12-13,15H,7-8,11H2,1-3H3/t13-,15?/m0/s1. The fraction of sp³-hybridized carbons (Fsp3) is 0.500. The summed E-state index contributed by atoms with van der Waals surface area (Å²) in [6.45, 7) is 6.36. The summed E-state index contributed by atoms with van der Waals surface area (Å²) in [6, 6.07) is 10.5. The molecule has 20 heavy (non-hydrogen) atoms. The van der Waals surface area contributed by atoms with Crippen LogP contribution in [-0.4, -0.2) is 10.8 Å². The lowest BCUT2D eigenvalue weighted by Gasteiger charge is -2.29. The van der Waals surface area contributed by atoms with E-state index in [9.17, 15) is 4.79 Å². The molecule has 1 unspecified atom stereocenters. The van der Waals surface area contributed by atoms with Crippen LogP contribution in [0.5, 0.6) is 0 Å². The van der Waals surface area contributed by atoms with Crippen LogP contribution in [0.2, 0.25) is 0 Å². The molecule has 0 spiro atoms. The average Bonchev–Trinajstić information content (AvgIpc) is 2.67. The predicted molar refractivity (Wildman–Crippen MR) is 80.9 cm³/mol. The molecule has 1 aromatic rings. The molecule has 3 rings (SSSR count). The van der Waals surface area contributed by atoms with Gasteiger partial charge in [0.15, 0.2) is 0 Å². The fourth-order valence-electron chi connectivity index (χ4n) is 3.72. The van der Waals surface area contributed by atoms with E-state index in [0.29, 0.717) is 5.92 Å². The van der Waals surface area contributed by atoms with Crippen molar-refractivity contribution in [2.45, 2.75) is 46.1 Å². The Kier molecular flexibility index (Phi) is 3.19. The molecule has 2 atom stereocenters. The summed E-state index contributed by atoms with van der Waals surface area (Å²) in [7, 11) is 0. The van der Waals surface area contributed by atoms with Crippen molar-refractivity contribution >= 4 is 5.91 Å². The molecular weight excluding hydrogens is 246 g/mol. The number of nitrogens with zero attached hydrogens (tertiary/aromatic N) is 1. The van der Waals surface area contributed by atoms with E-state index in [1.165, 1.54) is 17.7 Å². The van der Waals surface area contributed by atoms with Gasteiger partial charge in [-0.1, -0.05) is 50.3 Å². The van der Waals surface area contributed by atoms with Crippen LogP contribution in [0.15, 0.2) is 42.1 Å². The first-order valence-electron chi connectivity index (χ1n) is 7.62. The van der Waals surface area contributed by atoms with E-state index in [0.717, 1.165) is 12.8 Å².